The maximum absolute atomic E-state index is 3.58. The van der Waals surface area contributed by atoms with Gasteiger partial charge in [0.15, 0.2) is 0 Å². The first kappa shape index (κ1) is 9.91. The Morgan fingerprint density at radius 3 is 3.07 bits per heavy atom. The number of hydrogen-bond acceptors (Lipinski definition) is 2. The molecule has 0 saturated carbocycles. The minimum atomic E-state index is 0.680. The van der Waals surface area contributed by atoms with Crippen LogP contribution in [0.4, 0.5) is 5.69 Å². The smallest absolute Gasteiger partial charge is 0.0375 e. The molecule has 1 heterocycles. The predicted octanol–water partition coefficient (Wildman–Crippen LogP) is 3.17. The van der Waals surface area contributed by atoms with Crippen molar-refractivity contribution in [1.82, 2.24) is 0 Å². The van der Waals surface area contributed by atoms with Gasteiger partial charge in [-0.1, -0.05) is 18.2 Å². The molecule has 1 aliphatic rings. The van der Waals surface area contributed by atoms with E-state index >= 15 is 0 Å². The third-order valence-electron chi connectivity index (χ3n) is 2.74. The van der Waals surface area contributed by atoms with E-state index in [4.69, 9.17) is 0 Å². The number of thioether (sulfide) groups is 1. The average molecular weight is 207 g/mol. The van der Waals surface area contributed by atoms with Gasteiger partial charge >= 0.3 is 0 Å². The predicted molar refractivity (Wildman–Crippen MR) is 65.2 cm³/mol. The molecule has 14 heavy (non-hydrogen) atoms. The van der Waals surface area contributed by atoms with Crippen LogP contribution in [0.3, 0.4) is 0 Å². The molecule has 1 atom stereocenters. The minimum absolute atomic E-state index is 0.680. The van der Waals surface area contributed by atoms with Crippen LogP contribution in [0.2, 0.25) is 0 Å². The third-order valence-corrected chi connectivity index (χ3v) is 3.44. The summed E-state index contributed by atoms with van der Waals surface area (Å²) in [7, 11) is 0. The number of fused-ring (bicyclic) bond motifs is 1. The van der Waals surface area contributed by atoms with Gasteiger partial charge < -0.3 is 5.32 Å². The number of hydrogen-bond donors (Lipinski definition) is 1. The lowest BCUT2D eigenvalue weighted by Gasteiger charge is -2.09. The summed E-state index contributed by atoms with van der Waals surface area (Å²) in [6, 6.07) is 9.33. The van der Waals surface area contributed by atoms with Crippen LogP contribution in [0.25, 0.3) is 0 Å². The fourth-order valence-electron chi connectivity index (χ4n) is 2.02. The molecule has 0 radical (unpaired) electrons. The highest BCUT2D eigenvalue weighted by Crippen LogP contribution is 2.27. The molecule has 2 heteroatoms. The molecule has 0 fully saturated rings. The van der Waals surface area contributed by atoms with Gasteiger partial charge in [-0.15, -0.1) is 0 Å². The molecule has 0 bridgehead atoms. The first-order valence-corrected chi connectivity index (χ1v) is 6.63. The van der Waals surface area contributed by atoms with Crippen LogP contribution in [0, 0.1) is 0 Å². The second-order valence-corrected chi connectivity index (χ2v) is 4.82. The summed E-state index contributed by atoms with van der Waals surface area (Å²) in [6.07, 6.45) is 6.02. The SMILES string of the molecule is CSCCCC1Cc2ccccc2N1. The zero-order valence-corrected chi connectivity index (χ0v) is 9.44. The Bertz CT molecular complexity index is 273. The van der Waals surface area contributed by atoms with E-state index in [1.165, 1.54) is 36.3 Å². The van der Waals surface area contributed by atoms with E-state index in [1.807, 2.05) is 11.8 Å². The lowest BCUT2D eigenvalue weighted by molar-refractivity contribution is 0.665. The molecule has 0 spiro atoms. The molecular weight excluding hydrogens is 190 g/mol. The molecule has 1 aromatic rings. The number of para-hydroxylation sites is 1. The van der Waals surface area contributed by atoms with E-state index in [9.17, 15) is 0 Å². The van der Waals surface area contributed by atoms with Gasteiger partial charge in [0.1, 0.15) is 0 Å². The van der Waals surface area contributed by atoms with Crippen LogP contribution in [0.5, 0.6) is 0 Å². The summed E-state index contributed by atoms with van der Waals surface area (Å²) in [4.78, 5) is 0. The Kier molecular flexibility index (Phi) is 3.35. The van der Waals surface area contributed by atoms with E-state index in [0.29, 0.717) is 6.04 Å². The first-order chi connectivity index (χ1) is 6.90. The Labute approximate surface area is 90.3 Å². The Morgan fingerprint density at radius 1 is 1.43 bits per heavy atom. The fourth-order valence-corrected chi connectivity index (χ4v) is 2.48. The average Bonchev–Trinajstić information content (AvgIpc) is 2.60. The molecule has 1 nitrogen and oxygen atoms in total. The van der Waals surface area contributed by atoms with Gasteiger partial charge in [0.25, 0.3) is 0 Å². The molecule has 0 aliphatic carbocycles. The van der Waals surface area contributed by atoms with Crippen molar-refractivity contribution in [3.05, 3.63) is 29.8 Å². The minimum Gasteiger partial charge on any atom is -0.382 e. The zero-order chi connectivity index (χ0) is 9.80. The zero-order valence-electron chi connectivity index (χ0n) is 8.62. The molecule has 1 aliphatic heterocycles. The van der Waals surface area contributed by atoms with Crippen LogP contribution in [-0.4, -0.2) is 18.1 Å². The summed E-state index contributed by atoms with van der Waals surface area (Å²) in [6.45, 7) is 0. The summed E-state index contributed by atoms with van der Waals surface area (Å²) >= 11 is 1.94. The van der Waals surface area contributed by atoms with Crippen molar-refractivity contribution in [2.75, 3.05) is 17.3 Å². The summed E-state index contributed by atoms with van der Waals surface area (Å²) in [5.41, 5.74) is 2.84. The molecule has 0 amide bonds. The normalized spacial score (nSPS) is 19.1. The van der Waals surface area contributed by atoms with Crippen molar-refractivity contribution in [2.24, 2.45) is 0 Å². The van der Waals surface area contributed by atoms with E-state index in [1.54, 1.807) is 0 Å². The third kappa shape index (κ3) is 2.24. The number of nitrogens with one attached hydrogen (secondary N) is 1. The second kappa shape index (κ2) is 4.74. The number of anilines is 1. The maximum atomic E-state index is 3.58. The second-order valence-electron chi connectivity index (χ2n) is 3.84. The van der Waals surface area contributed by atoms with Gasteiger partial charge in [0, 0.05) is 11.7 Å². The largest absolute Gasteiger partial charge is 0.382 e. The summed E-state index contributed by atoms with van der Waals surface area (Å²) < 4.78 is 0. The van der Waals surface area contributed by atoms with Crippen molar-refractivity contribution < 1.29 is 0 Å². The summed E-state index contributed by atoms with van der Waals surface area (Å²) in [5.74, 6) is 1.29. The van der Waals surface area contributed by atoms with Crippen molar-refractivity contribution in [3.8, 4) is 0 Å². The highest BCUT2D eigenvalue weighted by Gasteiger charge is 2.18. The first-order valence-electron chi connectivity index (χ1n) is 5.23. The Hall–Kier alpha value is -0.630. The van der Waals surface area contributed by atoms with Gasteiger partial charge in [0.05, 0.1) is 0 Å². The molecular formula is C12H17NS. The number of benzene rings is 1. The van der Waals surface area contributed by atoms with Gasteiger partial charge in [-0.3, -0.25) is 0 Å². The highest BCUT2D eigenvalue weighted by atomic mass is 32.2. The molecule has 2 rings (SSSR count). The standard InChI is InChI=1S/C12H17NS/c1-14-8-4-6-11-9-10-5-2-3-7-12(10)13-11/h2-3,5,7,11,13H,4,6,8-9H2,1H3. The Morgan fingerprint density at radius 2 is 2.29 bits per heavy atom. The van der Waals surface area contributed by atoms with Crippen molar-refractivity contribution in [2.45, 2.75) is 25.3 Å². The van der Waals surface area contributed by atoms with Crippen molar-refractivity contribution in [1.29, 1.82) is 0 Å². The lowest BCUT2D eigenvalue weighted by Crippen LogP contribution is -2.15. The van der Waals surface area contributed by atoms with E-state index in [-0.39, 0.29) is 0 Å². The van der Waals surface area contributed by atoms with Gasteiger partial charge in [0.2, 0.25) is 0 Å². The molecule has 0 saturated heterocycles. The topological polar surface area (TPSA) is 12.0 Å². The molecule has 1 aromatic carbocycles. The molecule has 1 N–H and O–H groups in total. The van der Waals surface area contributed by atoms with Gasteiger partial charge in [-0.05, 0) is 42.9 Å². The van der Waals surface area contributed by atoms with Crippen LogP contribution < -0.4 is 5.32 Å². The molecule has 1 unspecified atom stereocenters. The lowest BCUT2D eigenvalue weighted by atomic mass is 10.1. The Balaban J connectivity index is 1.86. The van der Waals surface area contributed by atoms with E-state index < -0.39 is 0 Å². The van der Waals surface area contributed by atoms with Crippen LogP contribution >= 0.6 is 11.8 Å². The fraction of sp³-hybridized carbons (Fsp3) is 0.500. The maximum Gasteiger partial charge on any atom is 0.0375 e. The molecule has 0 aromatic heterocycles. The van der Waals surface area contributed by atoms with Crippen molar-refractivity contribution >= 4 is 17.4 Å². The van der Waals surface area contributed by atoms with E-state index in [0.717, 1.165) is 0 Å². The van der Waals surface area contributed by atoms with Crippen LogP contribution in [-0.2, 0) is 6.42 Å². The van der Waals surface area contributed by atoms with Crippen LogP contribution in [0.1, 0.15) is 18.4 Å². The van der Waals surface area contributed by atoms with Crippen molar-refractivity contribution in [3.63, 3.8) is 0 Å². The van der Waals surface area contributed by atoms with E-state index in [2.05, 4.69) is 35.8 Å². The van der Waals surface area contributed by atoms with Crippen LogP contribution in [0.15, 0.2) is 24.3 Å². The highest BCUT2D eigenvalue weighted by molar-refractivity contribution is 7.98. The van der Waals surface area contributed by atoms with Gasteiger partial charge in [-0.2, -0.15) is 11.8 Å². The van der Waals surface area contributed by atoms with Gasteiger partial charge in [-0.25, -0.2) is 0 Å². The molecule has 76 valence electrons. The quantitative estimate of drug-likeness (QED) is 0.761. The summed E-state index contributed by atoms with van der Waals surface area (Å²) in [5, 5.41) is 3.58. The number of rotatable bonds is 4. The monoisotopic (exact) mass is 207 g/mol.